The van der Waals surface area contributed by atoms with Crippen LogP contribution in [-0.4, -0.2) is 30.0 Å². The van der Waals surface area contributed by atoms with Gasteiger partial charge in [0.2, 0.25) is 0 Å². The van der Waals surface area contributed by atoms with Gasteiger partial charge in [-0.15, -0.1) is 0 Å². The van der Waals surface area contributed by atoms with Crippen LogP contribution in [0.5, 0.6) is 5.75 Å². The number of ether oxygens (including phenoxy) is 2. The number of nitro groups is 1. The standard InChI is InChI=1S/C21H18N2O6/c1-13(20(24)22-16-8-5-9-17(12-16)23(26)27)29-21(25)18-10-14-6-3-4-7-15(14)11-19(18)28-2/h3-13H,1-2H3,(H,22,24)/t13-/m1/s1. The average molecular weight is 394 g/mol. The summed E-state index contributed by atoms with van der Waals surface area (Å²) >= 11 is 0. The van der Waals surface area contributed by atoms with Crippen LogP contribution in [0, 0.1) is 10.1 Å². The van der Waals surface area contributed by atoms with Gasteiger partial charge in [0.05, 0.1) is 12.0 Å². The number of amides is 1. The number of nitrogens with one attached hydrogen (secondary N) is 1. The van der Waals surface area contributed by atoms with Crippen LogP contribution in [0.15, 0.2) is 60.7 Å². The molecule has 0 saturated carbocycles. The summed E-state index contributed by atoms with van der Waals surface area (Å²) in [5, 5.41) is 15.1. The van der Waals surface area contributed by atoms with E-state index >= 15 is 0 Å². The number of carbonyl (C=O) groups excluding carboxylic acids is 2. The Morgan fingerprint density at radius 1 is 1.03 bits per heavy atom. The van der Waals surface area contributed by atoms with E-state index in [4.69, 9.17) is 9.47 Å². The fraction of sp³-hybridized carbons (Fsp3) is 0.143. The van der Waals surface area contributed by atoms with Gasteiger partial charge in [-0.1, -0.05) is 30.3 Å². The van der Waals surface area contributed by atoms with Gasteiger partial charge in [0, 0.05) is 17.8 Å². The van der Waals surface area contributed by atoms with Gasteiger partial charge in [-0.3, -0.25) is 14.9 Å². The van der Waals surface area contributed by atoms with Gasteiger partial charge >= 0.3 is 5.97 Å². The Bertz CT molecular complexity index is 1100. The first kappa shape index (κ1) is 19.8. The van der Waals surface area contributed by atoms with E-state index in [-0.39, 0.29) is 16.9 Å². The lowest BCUT2D eigenvalue weighted by Crippen LogP contribution is -2.30. The molecule has 3 aromatic rings. The van der Waals surface area contributed by atoms with Crippen LogP contribution < -0.4 is 10.1 Å². The third kappa shape index (κ3) is 4.49. The van der Waals surface area contributed by atoms with Gasteiger partial charge in [0.1, 0.15) is 11.3 Å². The van der Waals surface area contributed by atoms with Crippen LogP contribution in [0.4, 0.5) is 11.4 Å². The summed E-state index contributed by atoms with van der Waals surface area (Å²) in [6, 6.07) is 16.3. The molecule has 8 nitrogen and oxygen atoms in total. The van der Waals surface area contributed by atoms with Crippen molar-refractivity contribution in [3.63, 3.8) is 0 Å². The minimum Gasteiger partial charge on any atom is -0.496 e. The molecule has 0 spiro atoms. The number of nitro benzene ring substituents is 1. The van der Waals surface area contributed by atoms with Crippen molar-refractivity contribution < 1.29 is 24.0 Å². The number of methoxy groups -OCH3 is 1. The predicted molar refractivity (Wildman–Crippen MR) is 107 cm³/mol. The Balaban J connectivity index is 1.74. The topological polar surface area (TPSA) is 108 Å². The molecule has 0 aliphatic rings. The highest BCUT2D eigenvalue weighted by Crippen LogP contribution is 2.27. The zero-order valence-corrected chi connectivity index (χ0v) is 15.7. The number of nitrogens with zero attached hydrogens (tertiary/aromatic N) is 1. The minimum atomic E-state index is -1.13. The van der Waals surface area contributed by atoms with Gasteiger partial charge in [0.15, 0.2) is 6.10 Å². The highest BCUT2D eigenvalue weighted by molar-refractivity contribution is 6.01. The summed E-state index contributed by atoms with van der Waals surface area (Å²) in [4.78, 5) is 35.2. The van der Waals surface area contributed by atoms with Crippen LogP contribution in [0.3, 0.4) is 0 Å². The smallest absolute Gasteiger partial charge is 0.342 e. The molecule has 148 valence electrons. The van der Waals surface area contributed by atoms with Crippen molar-refractivity contribution in [2.75, 3.05) is 12.4 Å². The fourth-order valence-electron chi connectivity index (χ4n) is 2.77. The molecular formula is C21H18N2O6. The molecule has 1 N–H and O–H groups in total. The zero-order chi connectivity index (χ0) is 21.0. The Labute approximate surface area is 166 Å². The van der Waals surface area contributed by atoms with E-state index in [0.29, 0.717) is 5.75 Å². The molecule has 0 aliphatic heterocycles. The average Bonchev–Trinajstić information content (AvgIpc) is 2.72. The SMILES string of the molecule is COc1cc2ccccc2cc1C(=O)O[C@H](C)C(=O)Nc1cccc([N+](=O)[O-])c1. The Morgan fingerprint density at radius 3 is 2.38 bits per heavy atom. The third-order valence-electron chi connectivity index (χ3n) is 4.27. The van der Waals surface area contributed by atoms with E-state index in [9.17, 15) is 19.7 Å². The number of anilines is 1. The molecule has 0 saturated heterocycles. The molecule has 0 radical (unpaired) electrons. The van der Waals surface area contributed by atoms with Crippen molar-refractivity contribution in [3.05, 3.63) is 76.3 Å². The van der Waals surface area contributed by atoms with Gasteiger partial charge in [-0.2, -0.15) is 0 Å². The van der Waals surface area contributed by atoms with Crippen molar-refractivity contribution in [3.8, 4) is 5.75 Å². The van der Waals surface area contributed by atoms with E-state index in [2.05, 4.69) is 5.32 Å². The maximum Gasteiger partial charge on any atom is 0.342 e. The van der Waals surface area contributed by atoms with E-state index in [0.717, 1.165) is 10.8 Å². The second-order valence-electron chi connectivity index (χ2n) is 6.24. The highest BCUT2D eigenvalue weighted by Gasteiger charge is 2.22. The maximum absolute atomic E-state index is 12.6. The van der Waals surface area contributed by atoms with Crippen molar-refractivity contribution in [1.82, 2.24) is 0 Å². The Kier molecular flexibility index (Phi) is 5.73. The Hall–Kier alpha value is -3.94. The summed E-state index contributed by atoms with van der Waals surface area (Å²) in [6.45, 7) is 1.41. The second kappa shape index (κ2) is 8.39. The van der Waals surface area contributed by atoms with Crippen LogP contribution in [0.25, 0.3) is 10.8 Å². The van der Waals surface area contributed by atoms with Crippen molar-refractivity contribution >= 4 is 34.0 Å². The fourth-order valence-corrected chi connectivity index (χ4v) is 2.77. The molecular weight excluding hydrogens is 376 g/mol. The van der Waals surface area contributed by atoms with E-state index in [1.165, 1.54) is 38.3 Å². The molecule has 8 heteroatoms. The normalized spacial score (nSPS) is 11.5. The first-order chi connectivity index (χ1) is 13.9. The van der Waals surface area contributed by atoms with Crippen LogP contribution in [-0.2, 0) is 9.53 Å². The molecule has 0 aromatic heterocycles. The first-order valence-corrected chi connectivity index (χ1v) is 8.72. The number of carbonyl (C=O) groups is 2. The summed E-state index contributed by atoms with van der Waals surface area (Å²) in [5.74, 6) is -0.993. The molecule has 0 bridgehead atoms. The molecule has 0 fully saturated rings. The number of hydrogen-bond acceptors (Lipinski definition) is 6. The van der Waals surface area contributed by atoms with Crippen LogP contribution in [0.1, 0.15) is 17.3 Å². The summed E-state index contributed by atoms with van der Waals surface area (Å²) in [7, 11) is 1.44. The number of fused-ring (bicyclic) bond motifs is 1. The number of benzene rings is 3. The highest BCUT2D eigenvalue weighted by atomic mass is 16.6. The summed E-state index contributed by atoms with van der Waals surface area (Å²) in [6.07, 6.45) is -1.13. The number of rotatable bonds is 6. The molecule has 3 rings (SSSR count). The minimum absolute atomic E-state index is 0.159. The molecule has 1 atom stereocenters. The number of esters is 1. The third-order valence-corrected chi connectivity index (χ3v) is 4.27. The van der Waals surface area contributed by atoms with Crippen LogP contribution >= 0.6 is 0 Å². The Morgan fingerprint density at radius 2 is 1.72 bits per heavy atom. The quantitative estimate of drug-likeness (QED) is 0.385. The molecule has 3 aromatic carbocycles. The van der Waals surface area contributed by atoms with Gasteiger partial charge in [-0.25, -0.2) is 4.79 Å². The van der Waals surface area contributed by atoms with Crippen molar-refractivity contribution in [2.24, 2.45) is 0 Å². The molecule has 1 amide bonds. The van der Waals surface area contributed by atoms with E-state index in [1.54, 1.807) is 12.1 Å². The lowest BCUT2D eigenvalue weighted by Gasteiger charge is -2.15. The monoisotopic (exact) mass is 394 g/mol. The number of hydrogen-bond donors (Lipinski definition) is 1. The lowest BCUT2D eigenvalue weighted by molar-refractivity contribution is -0.384. The number of non-ortho nitro benzene ring substituents is 1. The van der Waals surface area contributed by atoms with E-state index < -0.39 is 22.9 Å². The largest absolute Gasteiger partial charge is 0.496 e. The van der Waals surface area contributed by atoms with Crippen LogP contribution in [0.2, 0.25) is 0 Å². The second-order valence-corrected chi connectivity index (χ2v) is 6.24. The zero-order valence-electron chi connectivity index (χ0n) is 15.7. The van der Waals surface area contributed by atoms with Crippen molar-refractivity contribution in [2.45, 2.75) is 13.0 Å². The molecule has 29 heavy (non-hydrogen) atoms. The molecule has 0 heterocycles. The lowest BCUT2D eigenvalue weighted by atomic mass is 10.1. The first-order valence-electron chi connectivity index (χ1n) is 8.72. The van der Waals surface area contributed by atoms with Gasteiger partial charge < -0.3 is 14.8 Å². The van der Waals surface area contributed by atoms with Crippen molar-refractivity contribution in [1.29, 1.82) is 0 Å². The van der Waals surface area contributed by atoms with Gasteiger partial charge in [-0.05, 0) is 35.9 Å². The molecule has 0 unspecified atom stereocenters. The molecule has 0 aliphatic carbocycles. The van der Waals surface area contributed by atoms with E-state index in [1.807, 2.05) is 24.3 Å². The summed E-state index contributed by atoms with van der Waals surface area (Å²) in [5.41, 5.74) is 0.268. The summed E-state index contributed by atoms with van der Waals surface area (Å²) < 4.78 is 10.6. The van der Waals surface area contributed by atoms with Gasteiger partial charge in [0.25, 0.3) is 11.6 Å². The maximum atomic E-state index is 12.6. The predicted octanol–water partition coefficient (Wildman–Crippen LogP) is 3.94.